The van der Waals surface area contributed by atoms with Crippen LogP contribution in [0.15, 0.2) is 279 Å². The highest BCUT2D eigenvalue weighted by Crippen LogP contribution is 2.68. The molecule has 20 atom stereocenters. The van der Waals surface area contributed by atoms with Crippen LogP contribution < -0.4 is 43.9 Å². The van der Waals surface area contributed by atoms with Crippen LogP contribution in [0.2, 0.25) is 0 Å². The summed E-state index contributed by atoms with van der Waals surface area (Å²) in [5.74, 6) is 2.41. The van der Waals surface area contributed by atoms with E-state index in [4.69, 9.17) is 47.4 Å². The highest BCUT2D eigenvalue weighted by Gasteiger charge is 2.70. The lowest BCUT2D eigenvalue weighted by atomic mass is 9.53. The Morgan fingerprint density at radius 3 is 1.12 bits per heavy atom. The first-order chi connectivity index (χ1) is 65.8. The van der Waals surface area contributed by atoms with Gasteiger partial charge in [-0.3, -0.25) is 10.3 Å². The minimum Gasteiger partial charge on any atom is -0.504 e. The van der Waals surface area contributed by atoms with Gasteiger partial charge >= 0.3 is 35.8 Å². The van der Waals surface area contributed by atoms with Crippen LogP contribution >= 0.6 is 0 Å². The lowest BCUT2D eigenvalue weighted by molar-refractivity contribution is -0.0711. The third-order valence-corrected chi connectivity index (χ3v) is 32.0. The number of phenols is 1. The minimum atomic E-state index is -0.594. The van der Waals surface area contributed by atoms with Crippen molar-refractivity contribution in [3.8, 4) is 46.0 Å². The molecule has 0 aromatic heterocycles. The fourth-order valence-corrected chi connectivity index (χ4v) is 26.1. The molecule has 10 aromatic rings. The second kappa shape index (κ2) is 33.9. The number of aliphatic hydroxyl groups is 1. The van der Waals surface area contributed by atoms with Gasteiger partial charge in [0.1, 0.15) is 30.5 Å². The predicted molar refractivity (Wildman–Crippen MR) is 500 cm³/mol. The molecule has 8 aliphatic carbocycles. The number of carbonyl (C=O) groups excluding carboxylic acids is 6. The molecule has 4 N–H and O–H groups in total. The number of aromatic hydroxyl groups is 1. The lowest BCUT2D eigenvalue weighted by Gasteiger charge is -2.57. The summed E-state index contributed by atoms with van der Waals surface area (Å²) in [7, 11) is 8.34. The van der Waals surface area contributed by atoms with Gasteiger partial charge in [0.25, 0.3) is 0 Å². The number of ether oxygens (including phenoxy) is 10. The summed E-state index contributed by atoms with van der Waals surface area (Å²) in [6.07, 6.45) is 20.1. The van der Waals surface area contributed by atoms with Crippen LogP contribution in [0, 0.1) is 23.7 Å². The summed E-state index contributed by atoms with van der Waals surface area (Å²) >= 11 is 0. The second-order valence-corrected chi connectivity index (χ2v) is 38.6. The molecule has 8 bridgehead atoms. The monoisotopic (exact) mass is 1810 g/mol. The van der Waals surface area contributed by atoms with Gasteiger partial charge in [-0.1, -0.05) is 164 Å². The molecule has 0 radical (unpaired) electrons. The Bertz CT molecular complexity index is 6500. The Morgan fingerprint density at radius 2 is 0.711 bits per heavy atom. The zero-order valence-corrected chi connectivity index (χ0v) is 75.2. The van der Waals surface area contributed by atoms with Crippen molar-refractivity contribution in [1.82, 2.24) is 30.5 Å². The molecular formula is C111H104N6O18. The number of nitrogens with zero attached hydrogens (tertiary/aromatic N) is 4. The Hall–Kier alpha value is -13.3. The quantitative estimate of drug-likeness (QED) is 0.0244. The van der Waals surface area contributed by atoms with Crippen molar-refractivity contribution >= 4 is 35.8 Å². The van der Waals surface area contributed by atoms with Crippen molar-refractivity contribution in [3.05, 3.63) is 357 Å². The highest BCUT2D eigenvalue weighted by atomic mass is 16.6. The molecule has 8 heterocycles. The Morgan fingerprint density at radius 1 is 0.385 bits per heavy atom. The molecule has 0 amide bonds. The van der Waals surface area contributed by atoms with Crippen LogP contribution in [-0.4, -0.2) is 200 Å². The van der Waals surface area contributed by atoms with Crippen molar-refractivity contribution in [3.63, 3.8) is 0 Å². The van der Waals surface area contributed by atoms with E-state index in [9.17, 15) is 39.0 Å². The number of esters is 6. The number of rotatable bonds is 15. The van der Waals surface area contributed by atoms with Gasteiger partial charge < -0.3 is 72.7 Å². The van der Waals surface area contributed by atoms with E-state index in [0.717, 1.165) is 101 Å². The maximum Gasteiger partial charge on any atom is 0.343 e. The first-order valence-corrected chi connectivity index (χ1v) is 47.1. The highest BCUT2D eigenvalue weighted by molar-refractivity contribution is 5.94. The smallest absolute Gasteiger partial charge is 0.343 e. The van der Waals surface area contributed by atoms with E-state index in [1.165, 1.54) is 27.8 Å². The fraction of sp³-hybridized carbons (Fsp3) is 0.333. The topological polar surface area (TPSA) is 272 Å². The van der Waals surface area contributed by atoms with E-state index in [2.05, 4.69) is 87.0 Å². The first kappa shape index (κ1) is 85.9. The van der Waals surface area contributed by atoms with Gasteiger partial charge in [0.2, 0.25) is 0 Å². The van der Waals surface area contributed by atoms with E-state index in [1.54, 1.807) is 78.9 Å². The van der Waals surface area contributed by atoms with Crippen LogP contribution in [0.1, 0.15) is 132 Å². The molecule has 10 aromatic carbocycles. The summed E-state index contributed by atoms with van der Waals surface area (Å²) in [6.45, 7) is 4.43. The maximum atomic E-state index is 13.2. The number of likely N-dealkylation sites (tertiary alicyclic amines) is 3. The number of piperidine rings is 4. The summed E-state index contributed by atoms with van der Waals surface area (Å²) in [5.41, 5.74) is 14.3. The molecule has 24 heteroatoms. The molecule has 4 fully saturated rings. The molecule has 0 unspecified atom stereocenters. The average molecular weight is 1810 g/mol. The number of nitrogens with one attached hydrogen (secondary N) is 2. The molecule has 8 aliphatic heterocycles. The van der Waals surface area contributed by atoms with Crippen molar-refractivity contribution in [1.29, 1.82) is 0 Å². The van der Waals surface area contributed by atoms with E-state index >= 15 is 0 Å². The van der Waals surface area contributed by atoms with Gasteiger partial charge in [-0.2, -0.15) is 0 Å². The molecule has 0 saturated carbocycles. The molecule has 4 saturated heterocycles. The standard InChI is InChI=1S/C33H33N3O5.C31H27NO5.C30H25NO5.C17H19NO3/c1-34-35(2)20-36-18-17-33-24-14-16-27(40-32(38)22-11-7-4-8-12-22)30(33)41-29-26(15-13-23(28(29)33)19-25(24)36)39-31(37)21-9-5-3-6-10-21;1-32-17-16-31-22-13-15-25(36-30(34)20-10-6-3-7-11-20)28(31)37-27-24(14-12-21(26(27)31)18-23(22)32)35-29(33)19-8-4-2-5-9-19;32-28(18-7-3-1-4-8-18)34-23-13-11-20-17-22-21-12-14-24(35-29(33)19-9-5-2-6-10-19)27-30(21,15-16-31-22)25(20)26(23)36-27;1-18-7-6-17-10-3-5-13(20)16(17)21-15-12(19)4-2-9(14(15)17)8-11(10)18/h3-16,24-25,27,30,34H,17-20H2,1-2H3;2-15,22-23,25,28H,16-18H2,1H3;1-14,21-22,24,27,31H,15-17H2;2-5,10-11,13,16,19-20H,6-8H2,1H3/t24-,25+,27-,30-,33-;22-,23+,25-,28-,31-;21-,22+,24-,27-,30-;10-,11+,13-,16-,17-/m0000/s1. The van der Waals surface area contributed by atoms with Crippen molar-refractivity contribution in [2.45, 2.75) is 146 Å². The van der Waals surface area contributed by atoms with Crippen LogP contribution in [0.3, 0.4) is 0 Å². The third-order valence-electron chi connectivity index (χ3n) is 32.0. The Balaban J connectivity index is 0.000000104. The molecule has 4 spiro atoms. The van der Waals surface area contributed by atoms with Gasteiger partial charge in [-0.05, 0) is 230 Å². The summed E-state index contributed by atoms with van der Waals surface area (Å²) in [5, 5.41) is 26.4. The average Bonchev–Trinajstić information content (AvgIpc) is 1.55. The second-order valence-electron chi connectivity index (χ2n) is 38.6. The van der Waals surface area contributed by atoms with E-state index in [0.29, 0.717) is 91.6 Å². The van der Waals surface area contributed by atoms with Gasteiger partial charge in [-0.15, -0.1) is 0 Å². The van der Waals surface area contributed by atoms with Gasteiger partial charge in [0, 0.05) is 105 Å². The number of benzene rings is 10. The van der Waals surface area contributed by atoms with Crippen molar-refractivity contribution in [2.24, 2.45) is 23.7 Å². The summed E-state index contributed by atoms with van der Waals surface area (Å²) in [6, 6.07) is 70.8. The summed E-state index contributed by atoms with van der Waals surface area (Å²) < 4.78 is 62.2. The number of hydrogen-bond acceptors (Lipinski definition) is 24. The largest absolute Gasteiger partial charge is 0.504 e. The zero-order chi connectivity index (χ0) is 91.9. The molecule has 686 valence electrons. The van der Waals surface area contributed by atoms with Crippen LogP contribution in [0.25, 0.3) is 0 Å². The van der Waals surface area contributed by atoms with Crippen molar-refractivity contribution in [2.75, 3.05) is 61.0 Å². The minimum absolute atomic E-state index is 0.159. The normalized spacial score (nSPS) is 30.4. The fourth-order valence-electron chi connectivity index (χ4n) is 26.1. The molecule has 16 aliphatic rings. The molecule has 26 rings (SSSR count). The van der Waals surface area contributed by atoms with E-state index in [1.807, 2.05) is 172 Å². The van der Waals surface area contributed by atoms with Crippen molar-refractivity contribution < 1.29 is 86.3 Å². The number of aliphatic hydroxyl groups excluding tert-OH is 1. The van der Waals surface area contributed by atoms with Gasteiger partial charge in [0.15, 0.2) is 64.3 Å². The van der Waals surface area contributed by atoms with Gasteiger partial charge in [0.05, 0.1) is 40.0 Å². The Kier molecular flexibility index (Phi) is 21.6. The molecular weight excluding hydrogens is 1710 g/mol. The van der Waals surface area contributed by atoms with Crippen LogP contribution in [0.4, 0.5) is 0 Å². The number of hydrazine groups is 1. The number of phenolic OH excluding ortho intramolecular Hbond substituents is 1. The molecule has 24 nitrogen and oxygen atoms in total. The number of hydrogen-bond donors (Lipinski definition) is 4. The number of carbonyl (C=O) groups is 6. The van der Waals surface area contributed by atoms with E-state index < -0.39 is 66.1 Å². The SMILES string of the molecule is CN1CC[C@]23c4c5ccc(O)c4O[C@H]2[C@@H](O)C=C[C@H]3[C@H]1C5.CN1CC[C@]23c4c5ccc(OC(=O)c6ccccc6)c4O[C@H]2[C@@H](OC(=O)c2ccccc2)C=C[C@H]3[C@H]1C5.CNN(C)CN1CC[C@]23c4c5ccc(OC(=O)c6ccccc6)c4O[C@H]2[C@@H](OC(=O)c2ccccc2)C=C[C@H]3[C@H]1C5.O=C(Oc1ccc2c3c1O[C@H]1[C@@H](OC(=O)c4ccccc4)C=C[C@H]4[C@@H](C2)NCC[C@@]341)c1ccccc1. The maximum absolute atomic E-state index is 13.2. The first-order valence-electron chi connectivity index (χ1n) is 47.1. The Labute approximate surface area is 782 Å². The van der Waals surface area contributed by atoms with Crippen LogP contribution in [0.5, 0.6) is 46.0 Å². The predicted octanol–water partition coefficient (Wildman–Crippen LogP) is 14.0. The third kappa shape index (κ3) is 13.9. The zero-order valence-electron chi connectivity index (χ0n) is 75.2. The molecule has 135 heavy (non-hydrogen) atoms. The van der Waals surface area contributed by atoms with E-state index in [-0.39, 0.29) is 75.8 Å². The van der Waals surface area contributed by atoms with Crippen LogP contribution in [-0.2, 0) is 61.6 Å². The lowest BCUT2D eigenvalue weighted by Crippen LogP contribution is -2.67. The number of likely N-dealkylation sites (N-methyl/N-ethyl adjacent to an activating group) is 2. The van der Waals surface area contributed by atoms with Gasteiger partial charge in [-0.25, -0.2) is 33.8 Å². The summed E-state index contributed by atoms with van der Waals surface area (Å²) in [4.78, 5) is 85.5.